The molecule has 0 saturated carbocycles. The molecule has 0 fully saturated rings. The average molecular weight is 1250 g/mol. The number of carboxylic acid groups (broad SMARTS) is 4. The zero-order valence-corrected chi connectivity index (χ0v) is 47.1. The molecule has 4 N–H and O–H groups in total. The van der Waals surface area contributed by atoms with Crippen molar-refractivity contribution >= 4 is 71.1 Å². The topological polar surface area (TPSA) is 299 Å². The van der Waals surface area contributed by atoms with Gasteiger partial charge in [-0.2, -0.15) is 0 Å². The van der Waals surface area contributed by atoms with Crippen molar-refractivity contribution in [1.82, 2.24) is 19.6 Å². The minimum Gasteiger partial charge on any atom is -0.480 e. The van der Waals surface area contributed by atoms with Crippen molar-refractivity contribution in [3.8, 4) is 0 Å². The minimum atomic E-state index is -1.15. The van der Waals surface area contributed by atoms with Crippen LogP contribution in [0.5, 0.6) is 0 Å². The number of hydrogen-bond acceptors (Lipinski definition) is 12. The first-order valence-electron chi connectivity index (χ1n) is 24.5. The number of imide groups is 4. The van der Waals surface area contributed by atoms with Gasteiger partial charge < -0.3 is 20.4 Å². The first-order valence-corrected chi connectivity index (χ1v) is 24.5. The molecule has 0 saturated heterocycles. The number of nitrogens with zero attached hydrogens (tertiary/aromatic N) is 4. The predicted octanol–water partition coefficient (Wildman–Crippen LogP) is 7.12. The molecule has 78 heavy (non-hydrogen) atoms. The molecule has 4 aromatic rings. The quantitative estimate of drug-likeness (QED) is 0.0641. The Bertz CT molecular complexity index is 2470. The first kappa shape index (κ1) is 64.9. The molecule has 0 unspecified atom stereocenters. The number of benzene rings is 4. The molecule has 4 heterocycles. The van der Waals surface area contributed by atoms with Crippen LogP contribution in [-0.4, -0.2) is 135 Å². The van der Waals surface area contributed by atoms with E-state index in [-0.39, 0.29) is 133 Å². The number of amides is 8. The number of fused-ring (bicyclic) bond motifs is 4. The molecule has 20 nitrogen and oxygen atoms in total. The summed E-state index contributed by atoms with van der Waals surface area (Å²) in [6.45, 7) is 14.8. The predicted molar refractivity (Wildman–Crippen MR) is 271 cm³/mol. The summed E-state index contributed by atoms with van der Waals surface area (Å²) in [5, 5.41) is 37.0. The smallest absolute Gasteiger partial charge is 0.326 e. The SMILES string of the molecule is CC(C)C[C@@H](C(=O)O)N1C(=O)c2ccccc2C1=O.CC(C)C[C@@H](C(=O)O)N1C(=O)c2ccccc2C1=O.CC(C)C[C@@H](C(=O)O)N1C(=O)c2ccccc2C1=O.CC(C)C[C@@H](C(=O)O)N1C(=O)c2ccccc2C1=O.[Rh].[Rh]. The van der Waals surface area contributed by atoms with Gasteiger partial charge in [0.2, 0.25) is 0 Å². The Kier molecular flexibility index (Phi) is 23.1. The van der Waals surface area contributed by atoms with Crippen LogP contribution >= 0.6 is 0 Å². The molecule has 2 radical (unpaired) electrons. The third kappa shape index (κ3) is 14.2. The number of carboxylic acids is 4. The molecule has 0 bridgehead atoms. The molecule has 4 aromatic carbocycles. The molecule has 418 valence electrons. The summed E-state index contributed by atoms with van der Waals surface area (Å²) in [5.41, 5.74) is 2.24. The Morgan fingerprint density at radius 3 is 0.500 bits per heavy atom. The number of aliphatic carboxylic acids is 4. The van der Waals surface area contributed by atoms with E-state index in [0.717, 1.165) is 19.6 Å². The zero-order valence-electron chi connectivity index (χ0n) is 43.8. The molecule has 4 atom stereocenters. The Balaban J connectivity index is 0.000000271. The molecule has 0 spiro atoms. The van der Waals surface area contributed by atoms with Crippen molar-refractivity contribution in [3.05, 3.63) is 142 Å². The number of carbonyl (C=O) groups is 12. The van der Waals surface area contributed by atoms with Gasteiger partial charge in [0, 0.05) is 39.0 Å². The molecule has 0 aliphatic carbocycles. The molecule has 8 amide bonds. The van der Waals surface area contributed by atoms with Gasteiger partial charge >= 0.3 is 23.9 Å². The summed E-state index contributed by atoms with van der Waals surface area (Å²) in [4.78, 5) is 146. The fraction of sp³-hybridized carbons (Fsp3) is 0.357. The zero-order chi connectivity index (χ0) is 56.6. The molecule has 0 aromatic heterocycles. The maximum Gasteiger partial charge on any atom is 0.326 e. The summed E-state index contributed by atoms with van der Waals surface area (Å²) in [5.74, 6) is -8.46. The van der Waals surface area contributed by atoms with Crippen molar-refractivity contribution in [1.29, 1.82) is 0 Å². The van der Waals surface area contributed by atoms with Crippen molar-refractivity contribution < 1.29 is 117 Å². The van der Waals surface area contributed by atoms with Gasteiger partial charge in [-0.25, -0.2) is 19.2 Å². The van der Waals surface area contributed by atoms with E-state index in [1.807, 2.05) is 55.4 Å². The summed E-state index contributed by atoms with van der Waals surface area (Å²) in [6, 6.07) is 21.2. The van der Waals surface area contributed by atoms with Crippen molar-refractivity contribution in [2.24, 2.45) is 23.7 Å². The minimum absolute atomic E-state index is 0. The van der Waals surface area contributed by atoms with Crippen molar-refractivity contribution in [3.63, 3.8) is 0 Å². The van der Waals surface area contributed by atoms with E-state index >= 15 is 0 Å². The van der Waals surface area contributed by atoms with Gasteiger partial charge in [0.15, 0.2) is 0 Å². The van der Waals surface area contributed by atoms with Crippen LogP contribution < -0.4 is 0 Å². The van der Waals surface area contributed by atoms with Gasteiger partial charge in [-0.1, -0.05) is 104 Å². The molecule has 4 aliphatic rings. The van der Waals surface area contributed by atoms with E-state index in [1.54, 1.807) is 97.1 Å². The third-order valence-corrected chi connectivity index (χ3v) is 12.5. The van der Waals surface area contributed by atoms with E-state index in [2.05, 4.69) is 0 Å². The van der Waals surface area contributed by atoms with Crippen LogP contribution in [0.25, 0.3) is 0 Å². The second-order valence-electron chi connectivity index (χ2n) is 20.0. The van der Waals surface area contributed by atoms with Crippen molar-refractivity contribution in [2.75, 3.05) is 0 Å². The van der Waals surface area contributed by atoms with Gasteiger partial charge in [0.1, 0.15) is 24.2 Å². The molecule has 8 rings (SSSR count). The second kappa shape index (κ2) is 27.7. The normalized spacial score (nSPS) is 15.4. The monoisotopic (exact) mass is 1250 g/mol. The van der Waals surface area contributed by atoms with Crippen LogP contribution in [0, 0.1) is 23.7 Å². The summed E-state index contributed by atoms with van der Waals surface area (Å²) in [6.07, 6.45) is 1.00. The summed E-state index contributed by atoms with van der Waals surface area (Å²) in [7, 11) is 0. The van der Waals surface area contributed by atoms with E-state index in [1.165, 1.54) is 0 Å². The van der Waals surface area contributed by atoms with Crippen LogP contribution in [0.1, 0.15) is 164 Å². The molecular formula is C56H60N4O16Rh2. The van der Waals surface area contributed by atoms with Gasteiger partial charge in [-0.05, 0) is 97.9 Å². The Labute approximate surface area is 475 Å². The molecule has 22 heteroatoms. The maximum atomic E-state index is 12.2. The Morgan fingerprint density at radius 1 is 0.295 bits per heavy atom. The van der Waals surface area contributed by atoms with E-state index in [4.69, 9.17) is 0 Å². The fourth-order valence-corrected chi connectivity index (χ4v) is 9.02. The standard InChI is InChI=1S/4C14H15NO4.2Rh/c4*1-8(2)7-11(14(18)19)15-12(16)9-5-3-4-6-10(9)13(15)17;;/h4*3-6,8,11H,7H2,1-2H3,(H,18,19);;/t4*11-;;/m0000../s1. The van der Waals surface area contributed by atoms with Gasteiger partial charge in [-0.15, -0.1) is 0 Å². The second-order valence-corrected chi connectivity index (χ2v) is 20.0. The van der Waals surface area contributed by atoms with Gasteiger partial charge in [0.05, 0.1) is 44.5 Å². The first-order chi connectivity index (χ1) is 35.7. The third-order valence-electron chi connectivity index (χ3n) is 12.5. The van der Waals surface area contributed by atoms with Crippen LogP contribution in [0.2, 0.25) is 0 Å². The van der Waals surface area contributed by atoms with Crippen LogP contribution in [0.3, 0.4) is 0 Å². The van der Waals surface area contributed by atoms with Crippen LogP contribution in [0.15, 0.2) is 97.1 Å². The fourth-order valence-electron chi connectivity index (χ4n) is 9.02. The number of hydrogen-bond donors (Lipinski definition) is 4. The van der Waals surface area contributed by atoms with E-state index in [0.29, 0.717) is 0 Å². The molecule has 4 aliphatic heterocycles. The number of carbonyl (C=O) groups excluding carboxylic acids is 8. The average Bonchev–Trinajstić information content (AvgIpc) is 3.97. The summed E-state index contributed by atoms with van der Waals surface area (Å²) < 4.78 is 0. The van der Waals surface area contributed by atoms with E-state index in [9.17, 15) is 78.0 Å². The van der Waals surface area contributed by atoms with E-state index < -0.39 is 95.3 Å². The van der Waals surface area contributed by atoms with Gasteiger partial charge in [0.25, 0.3) is 47.3 Å². The van der Waals surface area contributed by atoms with Crippen LogP contribution in [0.4, 0.5) is 0 Å². The maximum absolute atomic E-state index is 12.2. The van der Waals surface area contributed by atoms with Crippen LogP contribution in [-0.2, 0) is 58.1 Å². The Hall–Kier alpha value is -7.43. The number of rotatable bonds is 16. The van der Waals surface area contributed by atoms with Crippen molar-refractivity contribution in [2.45, 2.75) is 105 Å². The largest absolute Gasteiger partial charge is 0.480 e. The summed E-state index contributed by atoms with van der Waals surface area (Å²) >= 11 is 0. The van der Waals surface area contributed by atoms with Gasteiger partial charge in [-0.3, -0.25) is 58.0 Å². The molecular weight excluding hydrogens is 1190 g/mol. The Morgan fingerprint density at radius 2 is 0.410 bits per heavy atom.